The third-order valence-corrected chi connectivity index (χ3v) is 6.73. The maximum absolute atomic E-state index is 11.8. The van der Waals surface area contributed by atoms with Gasteiger partial charge in [-0.15, -0.1) is 0 Å². The summed E-state index contributed by atoms with van der Waals surface area (Å²) in [4.78, 5) is 30.0. The van der Waals surface area contributed by atoms with Crippen LogP contribution in [-0.4, -0.2) is 79.4 Å². The van der Waals surface area contributed by atoms with Gasteiger partial charge in [0.1, 0.15) is 17.2 Å². The van der Waals surface area contributed by atoms with Gasteiger partial charge in [0.05, 0.1) is 18.0 Å². The molecule has 3 aromatic rings. The molecule has 1 aliphatic heterocycles. The van der Waals surface area contributed by atoms with E-state index in [0.717, 1.165) is 62.9 Å². The molecular formula is C24H31N7O3. The van der Waals surface area contributed by atoms with Gasteiger partial charge in [-0.1, -0.05) is 12.8 Å². The van der Waals surface area contributed by atoms with Crippen LogP contribution in [0.1, 0.15) is 49.1 Å². The number of aliphatic hydroxyl groups is 1. The Morgan fingerprint density at radius 1 is 1.15 bits per heavy atom. The van der Waals surface area contributed by atoms with Crippen LogP contribution in [0.3, 0.4) is 0 Å². The van der Waals surface area contributed by atoms with Crippen molar-refractivity contribution in [3.63, 3.8) is 0 Å². The summed E-state index contributed by atoms with van der Waals surface area (Å²) in [5.41, 5.74) is 1.97. The zero-order valence-electron chi connectivity index (χ0n) is 19.4. The fourth-order valence-corrected chi connectivity index (χ4v) is 5.09. The summed E-state index contributed by atoms with van der Waals surface area (Å²) in [6.45, 7) is 6.14. The smallest absolute Gasteiger partial charge is 0.352 e. The van der Waals surface area contributed by atoms with Crippen LogP contribution in [0.25, 0.3) is 11.0 Å². The highest BCUT2D eigenvalue weighted by Gasteiger charge is 2.25. The highest BCUT2D eigenvalue weighted by atomic mass is 16.4. The minimum Gasteiger partial charge on any atom is -0.477 e. The van der Waals surface area contributed by atoms with E-state index in [9.17, 15) is 15.0 Å². The first-order valence-corrected chi connectivity index (χ1v) is 12.0. The van der Waals surface area contributed by atoms with Gasteiger partial charge >= 0.3 is 5.97 Å². The SMILES string of the molecule is C[C@H](O)CN1CCN(c2ccc(Nc3ncc4cc(C(=O)O)n(C5CCCC5)c4n3)nc2)CC1. The first kappa shape index (κ1) is 22.5. The molecule has 0 radical (unpaired) electrons. The molecule has 10 nitrogen and oxygen atoms in total. The van der Waals surface area contributed by atoms with Gasteiger partial charge in [-0.3, -0.25) is 4.90 Å². The highest BCUT2D eigenvalue weighted by molar-refractivity contribution is 5.93. The zero-order valence-corrected chi connectivity index (χ0v) is 19.4. The predicted octanol–water partition coefficient (Wildman–Crippen LogP) is 2.89. The summed E-state index contributed by atoms with van der Waals surface area (Å²) in [7, 11) is 0. The molecule has 5 rings (SSSR count). The van der Waals surface area contributed by atoms with E-state index < -0.39 is 5.97 Å². The van der Waals surface area contributed by atoms with E-state index in [2.05, 4.69) is 30.1 Å². The van der Waals surface area contributed by atoms with Crippen molar-refractivity contribution in [3.8, 4) is 0 Å². The summed E-state index contributed by atoms with van der Waals surface area (Å²) in [6, 6.07) is 5.75. The standard InChI is InChI=1S/C24H31N7O3/c1-16(32)15-29-8-10-30(11-9-29)19-6-7-21(25-14-19)27-24-26-13-17-12-20(23(33)34)31(22(17)28-24)18-4-2-3-5-18/h6-7,12-14,16,18,32H,2-5,8-11,15H2,1H3,(H,33,34)(H,25,26,27,28)/t16-/m0/s1. The fraction of sp³-hybridized carbons (Fsp3) is 0.500. The second kappa shape index (κ2) is 9.55. The number of carboxylic acids is 1. The highest BCUT2D eigenvalue weighted by Crippen LogP contribution is 2.34. The van der Waals surface area contributed by atoms with Gasteiger partial charge in [0, 0.05) is 50.3 Å². The number of aliphatic hydroxyl groups excluding tert-OH is 1. The molecule has 10 heteroatoms. The summed E-state index contributed by atoms with van der Waals surface area (Å²) >= 11 is 0. The predicted molar refractivity (Wildman–Crippen MR) is 130 cm³/mol. The van der Waals surface area contributed by atoms with Crippen molar-refractivity contribution < 1.29 is 15.0 Å². The lowest BCUT2D eigenvalue weighted by atomic mass is 10.2. The number of aromatic nitrogens is 4. The largest absolute Gasteiger partial charge is 0.477 e. The molecule has 4 heterocycles. The van der Waals surface area contributed by atoms with Crippen molar-refractivity contribution in [2.75, 3.05) is 42.9 Å². The Balaban J connectivity index is 1.31. The number of hydrogen-bond donors (Lipinski definition) is 3. The van der Waals surface area contributed by atoms with Crippen molar-refractivity contribution in [1.82, 2.24) is 24.4 Å². The molecular weight excluding hydrogens is 434 g/mol. The third-order valence-electron chi connectivity index (χ3n) is 6.73. The Morgan fingerprint density at radius 3 is 2.56 bits per heavy atom. The van der Waals surface area contributed by atoms with Crippen molar-refractivity contribution in [2.45, 2.75) is 44.8 Å². The lowest BCUT2D eigenvalue weighted by Gasteiger charge is -2.36. The molecule has 180 valence electrons. The Bertz CT molecular complexity index is 1150. The van der Waals surface area contributed by atoms with Crippen LogP contribution < -0.4 is 10.2 Å². The third kappa shape index (κ3) is 4.69. The van der Waals surface area contributed by atoms with E-state index in [1.54, 1.807) is 12.3 Å². The van der Waals surface area contributed by atoms with E-state index >= 15 is 0 Å². The molecule has 1 saturated carbocycles. The number of anilines is 3. The second-order valence-corrected chi connectivity index (χ2v) is 9.28. The maximum atomic E-state index is 11.8. The topological polar surface area (TPSA) is 120 Å². The number of pyridine rings is 1. The second-order valence-electron chi connectivity index (χ2n) is 9.28. The molecule has 3 aromatic heterocycles. The molecule has 0 unspecified atom stereocenters. The minimum absolute atomic E-state index is 0.157. The van der Waals surface area contributed by atoms with Crippen molar-refractivity contribution in [2.24, 2.45) is 0 Å². The molecule has 1 aliphatic carbocycles. The van der Waals surface area contributed by atoms with Crippen molar-refractivity contribution in [1.29, 1.82) is 0 Å². The Labute approximate surface area is 198 Å². The van der Waals surface area contributed by atoms with Crippen LogP contribution in [-0.2, 0) is 0 Å². The Kier molecular flexibility index (Phi) is 6.34. The summed E-state index contributed by atoms with van der Waals surface area (Å²) in [6.07, 6.45) is 7.34. The number of β-amino-alcohol motifs (C(OH)–C–C–N with tert-alkyl or cyclic N) is 1. The average molecular weight is 466 g/mol. The normalized spacial score (nSPS) is 18.5. The molecule has 1 atom stereocenters. The van der Waals surface area contributed by atoms with E-state index in [-0.39, 0.29) is 17.8 Å². The van der Waals surface area contributed by atoms with Crippen LogP contribution in [0.5, 0.6) is 0 Å². The molecule has 1 saturated heterocycles. The molecule has 0 bridgehead atoms. The quantitative estimate of drug-likeness (QED) is 0.484. The van der Waals surface area contributed by atoms with Gasteiger partial charge in [-0.2, -0.15) is 4.98 Å². The van der Waals surface area contributed by atoms with Crippen LogP contribution >= 0.6 is 0 Å². The van der Waals surface area contributed by atoms with Gasteiger partial charge in [-0.25, -0.2) is 14.8 Å². The van der Waals surface area contributed by atoms with Crippen molar-refractivity contribution >= 4 is 34.5 Å². The first-order valence-electron chi connectivity index (χ1n) is 12.0. The number of nitrogens with zero attached hydrogens (tertiary/aromatic N) is 6. The molecule has 0 aromatic carbocycles. The van der Waals surface area contributed by atoms with Gasteiger partial charge in [0.2, 0.25) is 5.95 Å². The van der Waals surface area contributed by atoms with E-state index in [0.29, 0.717) is 24.0 Å². The number of fused-ring (bicyclic) bond motifs is 1. The van der Waals surface area contributed by atoms with E-state index in [1.807, 2.05) is 29.8 Å². The molecule has 2 fully saturated rings. The number of carbonyl (C=O) groups is 1. The summed E-state index contributed by atoms with van der Waals surface area (Å²) in [5, 5.41) is 23.2. The summed E-state index contributed by atoms with van der Waals surface area (Å²) in [5.74, 6) is 0.0883. The lowest BCUT2D eigenvalue weighted by molar-refractivity contribution is 0.0683. The van der Waals surface area contributed by atoms with E-state index in [4.69, 9.17) is 0 Å². The first-order chi connectivity index (χ1) is 16.5. The fourth-order valence-electron chi connectivity index (χ4n) is 5.09. The van der Waals surface area contributed by atoms with Crippen LogP contribution in [0.4, 0.5) is 17.5 Å². The Morgan fingerprint density at radius 2 is 1.91 bits per heavy atom. The number of nitrogens with one attached hydrogen (secondary N) is 1. The van der Waals surface area contributed by atoms with Gasteiger partial charge in [0.15, 0.2) is 0 Å². The average Bonchev–Trinajstić information content (AvgIpc) is 3.47. The number of aromatic carboxylic acids is 1. The van der Waals surface area contributed by atoms with Crippen LogP contribution in [0.15, 0.2) is 30.6 Å². The molecule has 2 aliphatic rings. The molecule has 34 heavy (non-hydrogen) atoms. The van der Waals surface area contributed by atoms with Crippen molar-refractivity contribution in [3.05, 3.63) is 36.3 Å². The van der Waals surface area contributed by atoms with Crippen LogP contribution in [0, 0.1) is 0 Å². The number of piperazine rings is 1. The zero-order chi connectivity index (χ0) is 23.7. The van der Waals surface area contributed by atoms with Crippen LogP contribution in [0.2, 0.25) is 0 Å². The molecule has 0 amide bonds. The lowest BCUT2D eigenvalue weighted by Crippen LogP contribution is -2.48. The van der Waals surface area contributed by atoms with E-state index in [1.165, 1.54) is 0 Å². The molecule has 3 N–H and O–H groups in total. The van der Waals surface area contributed by atoms with Gasteiger partial charge in [0.25, 0.3) is 0 Å². The maximum Gasteiger partial charge on any atom is 0.352 e. The van der Waals surface area contributed by atoms with Gasteiger partial charge < -0.3 is 25.0 Å². The summed E-state index contributed by atoms with van der Waals surface area (Å²) < 4.78 is 1.87. The number of carboxylic acid groups (broad SMARTS) is 1. The number of rotatable bonds is 7. The minimum atomic E-state index is -0.941. The molecule has 0 spiro atoms. The Hall–Kier alpha value is -3.24. The van der Waals surface area contributed by atoms with Gasteiger partial charge in [-0.05, 0) is 38.0 Å². The number of hydrogen-bond acceptors (Lipinski definition) is 8. The monoisotopic (exact) mass is 465 g/mol.